The third-order valence-electron chi connectivity index (χ3n) is 4.06. The third kappa shape index (κ3) is 4.29. The molecule has 124 valence electrons. The summed E-state index contributed by atoms with van der Waals surface area (Å²) in [6.45, 7) is 10.9. The van der Waals surface area contributed by atoms with Gasteiger partial charge in [-0.2, -0.15) is 0 Å². The molecule has 0 spiro atoms. The Bertz CT molecular complexity index is 484. The van der Waals surface area contributed by atoms with E-state index in [1.165, 1.54) is 11.1 Å². The van der Waals surface area contributed by atoms with Crippen molar-refractivity contribution in [3.05, 3.63) is 34.9 Å². The zero-order valence-electron chi connectivity index (χ0n) is 14.2. The summed E-state index contributed by atoms with van der Waals surface area (Å²) in [5, 5.41) is 9.98. The molecule has 22 heavy (non-hydrogen) atoms. The van der Waals surface area contributed by atoms with E-state index in [9.17, 15) is 5.11 Å². The first kappa shape index (κ1) is 17.4. The lowest BCUT2D eigenvalue weighted by Crippen LogP contribution is -2.51. The molecule has 1 heterocycles. The van der Waals surface area contributed by atoms with Crippen molar-refractivity contribution in [1.29, 1.82) is 0 Å². The Hall–Kier alpha value is -0.940. The summed E-state index contributed by atoms with van der Waals surface area (Å²) >= 11 is 0. The number of benzene rings is 1. The van der Waals surface area contributed by atoms with Crippen molar-refractivity contribution in [2.24, 2.45) is 5.92 Å². The van der Waals surface area contributed by atoms with Crippen LogP contribution in [0.25, 0.3) is 0 Å². The summed E-state index contributed by atoms with van der Waals surface area (Å²) in [6, 6.07) is 6.33. The lowest BCUT2D eigenvalue weighted by molar-refractivity contribution is -0.291. The molecule has 0 saturated carbocycles. The minimum atomic E-state index is -0.589. The maximum absolute atomic E-state index is 9.98. The fourth-order valence-corrected chi connectivity index (χ4v) is 2.64. The molecule has 1 fully saturated rings. The summed E-state index contributed by atoms with van der Waals surface area (Å²) in [6.07, 6.45) is -1.48. The van der Waals surface area contributed by atoms with Gasteiger partial charge in [-0.3, -0.25) is 0 Å². The van der Waals surface area contributed by atoms with E-state index in [0.717, 1.165) is 5.56 Å². The van der Waals surface area contributed by atoms with Crippen molar-refractivity contribution in [2.45, 2.75) is 65.8 Å². The zero-order valence-corrected chi connectivity index (χ0v) is 14.2. The number of hydrogen-bond acceptors (Lipinski definition) is 4. The predicted octanol–water partition coefficient (Wildman–Crippen LogP) is 2.97. The van der Waals surface area contributed by atoms with Gasteiger partial charge in [0.15, 0.2) is 6.29 Å². The Kier molecular flexibility index (Phi) is 5.98. The van der Waals surface area contributed by atoms with Gasteiger partial charge in [0, 0.05) is 5.92 Å². The van der Waals surface area contributed by atoms with Crippen LogP contribution in [0.15, 0.2) is 18.2 Å². The van der Waals surface area contributed by atoms with Crippen LogP contribution in [0.4, 0.5) is 0 Å². The van der Waals surface area contributed by atoms with Gasteiger partial charge in [-0.15, -0.1) is 0 Å². The van der Waals surface area contributed by atoms with Crippen LogP contribution in [-0.4, -0.2) is 36.3 Å². The first-order valence-electron chi connectivity index (χ1n) is 8.01. The number of aliphatic hydroxyl groups excluding tert-OH is 1. The van der Waals surface area contributed by atoms with E-state index in [2.05, 4.69) is 32.0 Å². The van der Waals surface area contributed by atoms with Gasteiger partial charge in [0.05, 0.1) is 19.3 Å². The third-order valence-corrected chi connectivity index (χ3v) is 4.06. The average molecular weight is 308 g/mol. The van der Waals surface area contributed by atoms with Crippen molar-refractivity contribution in [3.63, 3.8) is 0 Å². The molecule has 0 radical (unpaired) electrons. The molecule has 1 aliphatic heterocycles. The fraction of sp³-hybridized carbons (Fsp3) is 0.667. The minimum absolute atomic E-state index is 0.251. The summed E-state index contributed by atoms with van der Waals surface area (Å²) in [4.78, 5) is 0. The molecule has 4 heteroatoms. The normalized spacial score (nSPS) is 27.1. The van der Waals surface area contributed by atoms with E-state index in [-0.39, 0.29) is 24.4 Å². The minimum Gasteiger partial charge on any atom is -0.391 e. The summed E-state index contributed by atoms with van der Waals surface area (Å²) < 4.78 is 17.6. The molecule has 1 unspecified atom stereocenters. The molecule has 1 aromatic carbocycles. The molecule has 1 saturated heterocycles. The highest BCUT2D eigenvalue weighted by atomic mass is 16.7. The number of rotatable bonds is 5. The molecule has 4 atom stereocenters. The van der Waals surface area contributed by atoms with Crippen molar-refractivity contribution < 1.29 is 19.3 Å². The van der Waals surface area contributed by atoms with Gasteiger partial charge >= 0.3 is 0 Å². The first-order chi connectivity index (χ1) is 10.4. The fourth-order valence-electron chi connectivity index (χ4n) is 2.64. The first-order valence-corrected chi connectivity index (χ1v) is 8.01. The van der Waals surface area contributed by atoms with Crippen molar-refractivity contribution in [2.75, 3.05) is 6.61 Å². The summed E-state index contributed by atoms with van der Waals surface area (Å²) in [7, 11) is 0. The van der Waals surface area contributed by atoms with Gasteiger partial charge in [-0.25, -0.2) is 0 Å². The Balaban J connectivity index is 2.00. The Morgan fingerprint density at radius 2 is 2.00 bits per heavy atom. The van der Waals surface area contributed by atoms with Crippen LogP contribution >= 0.6 is 0 Å². The lowest BCUT2D eigenvalue weighted by atomic mass is 10.1. The summed E-state index contributed by atoms with van der Waals surface area (Å²) in [5.41, 5.74) is 3.58. The monoisotopic (exact) mass is 308 g/mol. The summed E-state index contributed by atoms with van der Waals surface area (Å²) in [5.74, 6) is 0.251. The largest absolute Gasteiger partial charge is 0.391 e. The molecule has 1 aliphatic rings. The van der Waals surface area contributed by atoms with Crippen molar-refractivity contribution >= 4 is 0 Å². The van der Waals surface area contributed by atoms with Crippen LogP contribution in [0.3, 0.4) is 0 Å². The quantitative estimate of drug-likeness (QED) is 0.908. The Labute approximate surface area is 133 Å². The van der Waals surface area contributed by atoms with Crippen LogP contribution < -0.4 is 0 Å². The van der Waals surface area contributed by atoms with Crippen molar-refractivity contribution in [1.82, 2.24) is 0 Å². The maximum Gasteiger partial charge on any atom is 0.160 e. The number of hydrogen-bond donors (Lipinski definition) is 1. The topological polar surface area (TPSA) is 47.9 Å². The second-order valence-corrected chi connectivity index (χ2v) is 6.57. The van der Waals surface area contributed by atoms with Gasteiger partial charge in [0.25, 0.3) is 0 Å². The molecule has 1 aromatic rings. The second-order valence-electron chi connectivity index (χ2n) is 6.57. The van der Waals surface area contributed by atoms with Gasteiger partial charge in [0.1, 0.15) is 12.2 Å². The second kappa shape index (κ2) is 7.55. The molecule has 1 N–H and O–H groups in total. The molecular weight excluding hydrogens is 280 g/mol. The molecule has 0 aliphatic carbocycles. The molecular formula is C18H28O4. The van der Waals surface area contributed by atoms with E-state index in [1.807, 2.05) is 13.8 Å². The van der Waals surface area contributed by atoms with Gasteiger partial charge in [-0.1, -0.05) is 37.6 Å². The van der Waals surface area contributed by atoms with Crippen LogP contribution in [0.1, 0.15) is 37.5 Å². The van der Waals surface area contributed by atoms with Crippen molar-refractivity contribution in [3.8, 4) is 0 Å². The zero-order chi connectivity index (χ0) is 16.3. The average Bonchev–Trinajstić information content (AvgIpc) is 2.47. The molecule has 0 bridgehead atoms. The lowest BCUT2D eigenvalue weighted by Gasteiger charge is -2.39. The molecule has 2 rings (SSSR count). The predicted molar refractivity (Wildman–Crippen MR) is 85.6 cm³/mol. The Morgan fingerprint density at radius 1 is 1.27 bits per heavy atom. The molecule has 4 nitrogen and oxygen atoms in total. The van der Waals surface area contributed by atoms with Crippen LogP contribution in [0, 0.1) is 19.8 Å². The number of aliphatic hydroxyl groups is 1. The Morgan fingerprint density at radius 3 is 2.64 bits per heavy atom. The molecule has 0 aromatic heterocycles. The molecule has 0 amide bonds. The standard InChI is InChI=1S/C18H28O4/c1-11(2)18-21-10-16(17(22-18)14(5)19)20-9-15-8-12(3)6-7-13(15)4/h6-8,11,14,16-19H,9-10H2,1-5H3/t14?,16-,17-,18+/m1/s1. The maximum atomic E-state index is 9.98. The van der Waals surface area contributed by atoms with Gasteiger partial charge in [0.2, 0.25) is 0 Å². The highest BCUT2D eigenvalue weighted by Gasteiger charge is 2.36. The van der Waals surface area contributed by atoms with Gasteiger partial charge in [-0.05, 0) is 31.9 Å². The van der Waals surface area contributed by atoms with E-state index < -0.39 is 6.10 Å². The van der Waals surface area contributed by atoms with E-state index >= 15 is 0 Å². The van der Waals surface area contributed by atoms with E-state index in [0.29, 0.717) is 13.2 Å². The van der Waals surface area contributed by atoms with Crippen LogP contribution in [0.5, 0.6) is 0 Å². The highest BCUT2D eigenvalue weighted by molar-refractivity contribution is 5.29. The van der Waals surface area contributed by atoms with E-state index in [1.54, 1.807) is 6.92 Å². The van der Waals surface area contributed by atoms with Crippen LogP contribution in [-0.2, 0) is 20.8 Å². The van der Waals surface area contributed by atoms with Gasteiger partial charge < -0.3 is 19.3 Å². The highest BCUT2D eigenvalue weighted by Crippen LogP contribution is 2.24. The SMILES string of the molecule is Cc1ccc(C)c(CO[C@@H]2CO[C@H](C(C)C)O[C@@H]2C(C)O)c1. The van der Waals surface area contributed by atoms with Crippen LogP contribution in [0.2, 0.25) is 0 Å². The van der Waals surface area contributed by atoms with E-state index in [4.69, 9.17) is 14.2 Å². The smallest absolute Gasteiger partial charge is 0.160 e. The number of aryl methyl sites for hydroxylation is 2. The number of ether oxygens (including phenoxy) is 3.